The molecule has 0 radical (unpaired) electrons. The Morgan fingerprint density at radius 3 is 2.33 bits per heavy atom. The normalized spacial score (nSPS) is 13.4. The number of hydrogen-bond donors (Lipinski definition) is 3. The molecule has 1 aromatic rings. The molecule has 136 valence electrons. The Hall–Kier alpha value is -1.22. The zero-order chi connectivity index (χ0) is 18.4. The fourth-order valence-electron chi connectivity index (χ4n) is 1.96. The van der Waals surface area contributed by atoms with Gasteiger partial charge >= 0.3 is 0 Å². The fourth-order valence-corrected chi connectivity index (χ4v) is 3.86. The maximum atomic E-state index is 12.6. The Morgan fingerprint density at radius 2 is 1.88 bits per heavy atom. The zero-order valence-corrected chi connectivity index (χ0v) is 16.1. The van der Waals surface area contributed by atoms with Crippen LogP contribution in [0.4, 0.5) is 0 Å². The molecule has 0 saturated carbocycles. The summed E-state index contributed by atoms with van der Waals surface area (Å²) in [5.41, 5.74) is 1.36. The molecule has 0 bridgehead atoms. The van der Waals surface area contributed by atoms with Crippen molar-refractivity contribution in [1.82, 2.24) is 10.2 Å². The van der Waals surface area contributed by atoms with Crippen molar-refractivity contribution in [3.8, 4) is 5.75 Å². The highest BCUT2D eigenvalue weighted by molar-refractivity contribution is 7.89. The molecule has 3 N–H and O–H groups in total. The van der Waals surface area contributed by atoms with E-state index in [1.54, 1.807) is 12.1 Å². The zero-order valence-electron chi connectivity index (χ0n) is 14.5. The topological polar surface area (TPSA) is 87.7 Å². The number of nitrogens with one attached hydrogen (secondary N) is 2. The summed E-state index contributed by atoms with van der Waals surface area (Å²) in [5, 5.41) is 9.03. The van der Waals surface area contributed by atoms with Gasteiger partial charge in [-0.2, -0.15) is 0 Å². The van der Waals surface area contributed by atoms with Gasteiger partial charge in [0.25, 0.3) is 0 Å². The lowest BCUT2D eigenvalue weighted by Gasteiger charge is -2.31. The van der Waals surface area contributed by atoms with E-state index in [9.17, 15) is 8.42 Å². The highest BCUT2D eigenvalue weighted by atomic mass is 32.2. The van der Waals surface area contributed by atoms with Gasteiger partial charge in [0.1, 0.15) is 10.7 Å². The van der Waals surface area contributed by atoms with Gasteiger partial charge in [0.15, 0.2) is 0 Å². The van der Waals surface area contributed by atoms with E-state index in [2.05, 4.69) is 11.6 Å². The van der Waals surface area contributed by atoms with Crippen LogP contribution in [0.2, 0.25) is 0 Å². The van der Waals surface area contributed by atoms with Gasteiger partial charge in [0.2, 0.25) is 10.0 Å². The van der Waals surface area contributed by atoms with E-state index in [1.165, 1.54) is 12.1 Å². The summed E-state index contributed by atoms with van der Waals surface area (Å²) in [6.45, 7) is 8.16. The number of hydrogen-bond acceptors (Lipinski definition) is 5. The van der Waals surface area contributed by atoms with Gasteiger partial charge in [-0.05, 0) is 36.1 Å². The largest absolute Gasteiger partial charge is 0.494 e. The van der Waals surface area contributed by atoms with E-state index in [-0.39, 0.29) is 9.88 Å². The predicted octanol–water partition coefficient (Wildman–Crippen LogP) is 2.86. The number of rotatable bonds is 8. The first-order valence-corrected chi connectivity index (χ1v) is 9.70. The van der Waals surface area contributed by atoms with Crippen molar-refractivity contribution in [3.05, 3.63) is 24.3 Å². The van der Waals surface area contributed by atoms with Gasteiger partial charge < -0.3 is 4.74 Å². The standard InChI is InChI=1S/C16H26N2O4S2/c1-5-6-11-22-12-7-9-13(10-8-12)24(20,21)18-14(15(23)17-19)16(2,3)4/h7-10,14,18-19H,5-6,11H2,1-4H3,(H,17,23). The van der Waals surface area contributed by atoms with E-state index in [4.69, 9.17) is 22.2 Å². The van der Waals surface area contributed by atoms with Crippen molar-refractivity contribution in [2.75, 3.05) is 6.61 Å². The lowest BCUT2D eigenvalue weighted by molar-refractivity contribution is 0.223. The highest BCUT2D eigenvalue weighted by Gasteiger charge is 2.33. The first-order valence-electron chi connectivity index (χ1n) is 7.81. The second kappa shape index (κ2) is 8.75. The molecule has 24 heavy (non-hydrogen) atoms. The van der Waals surface area contributed by atoms with Crippen molar-refractivity contribution >= 4 is 27.2 Å². The number of unbranched alkanes of at least 4 members (excludes halogenated alkanes) is 1. The molecule has 0 amide bonds. The molecule has 6 nitrogen and oxygen atoms in total. The quantitative estimate of drug-likeness (QED) is 0.368. The van der Waals surface area contributed by atoms with Crippen LogP contribution < -0.4 is 14.9 Å². The SMILES string of the molecule is CCCCOc1ccc(S(=O)(=O)NC(C(=S)NO)C(C)(C)C)cc1. The third-order valence-electron chi connectivity index (χ3n) is 3.41. The fraction of sp³-hybridized carbons (Fsp3) is 0.562. The Bertz CT molecular complexity index is 637. The van der Waals surface area contributed by atoms with Gasteiger partial charge in [-0.15, -0.1) is 0 Å². The molecule has 1 atom stereocenters. The molecule has 8 heteroatoms. The van der Waals surface area contributed by atoms with Crippen LogP contribution in [0.25, 0.3) is 0 Å². The van der Waals surface area contributed by atoms with Gasteiger partial charge in [0.05, 0.1) is 17.5 Å². The summed E-state index contributed by atoms with van der Waals surface area (Å²) in [6.07, 6.45) is 1.98. The van der Waals surface area contributed by atoms with Gasteiger partial charge in [0, 0.05) is 0 Å². The van der Waals surface area contributed by atoms with Crippen LogP contribution in [0.15, 0.2) is 29.2 Å². The molecule has 1 unspecified atom stereocenters. The summed E-state index contributed by atoms with van der Waals surface area (Å²) in [4.78, 5) is 0.130. The average molecular weight is 375 g/mol. The molecular weight excluding hydrogens is 348 g/mol. The smallest absolute Gasteiger partial charge is 0.241 e. The first kappa shape index (κ1) is 20.8. The van der Waals surface area contributed by atoms with Crippen molar-refractivity contribution < 1.29 is 18.4 Å². The molecule has 1 rings (SSSR count). The summed E-state index contributed by atoms with van der Waals surface area (Å²) >= 11 is 5.01. The van der Waals surface area contributed by atoms with E-state index >= 15 is 0 Å². The average Bonchev–Trinajstić information content (AvgIpc) is 2.52. The van der Waals surface area contributed by atoms with Gasteiger partial charge in [-0.1, -0.05) is 46.3 Å². The van der Waals surface area contributed by atoms with Crippen LogP contribution in [0.1, 0.15) is 40.5 Å². The summed E-state index contributed by atoms with van der Waals surface area (Å²) < 4.78 is 33.2. The van der Waals surface area contributed by atoms with E-state index in [0.717, 1.165) is 12.8 Å². The Kier molecular flexibility index (Phi) is 7.59. The molecule has 0 saturated heterocycles. The van der Waals surface area contributed by atoms with Crippen LogP contribution >= 0.6 is 12.2 Å². The van der Waals surface area contributed by atoms with E-state index < -0.39 is 21.5 Å². The van der Waals surface area contributed by atoms with E-state index in [0.29, 0.717) is 12.4 Å². The third kappa shape index (κ3) is 6.01. The molecule has 0 aliphatic heterocycles. The van der Waals surface area contributed by atoms with Crippen LogP contribution in [-0.4, -0.2) is 31.3 Å². The molecule has 0 aliphatic carbocycles. The maximum Gasteiger partial charge on any atom is 0.241 e. The lowest BCUT2D eigenvalue weighted by Crippen LogP contribution is -2.52. The van der Waals surface area contributed by atoms with E-state index in [1.807, 2.05) is 26.3 Å². The first-order chi connectivity index (χ1) is 11.1. The Labute approximate surface area is 149 Å². The summed E-state index contributed by atoms with van der Waals surface area (Å²) in [6, 6.07) is 5.47. The van der Waals surface area contributed by atoms with Crippen LogP contribution in [-0.2, 0) is 10.0 Å². The Morgan fingerprint density at radius 1 is 1.29 bits per heavy atom. The minimum Gasteiger partial charge on any atom is -0.494 e. The second-order valence-corrected chi connectivity index (χ2v) is 8.72. The molecule has 0 aliphatic rings. The summed E-state index contributed by atoms with van der Waals surface area (Å²) in [7, 11) is -3.78. The predicted molar refractivity (Wildman–Crippen MR) is 97.9 cm³/mol. The lowest BCUT2D eigenvalue weighted by atomic mass is 9.87. The molecular formula is C16H26N2O4S2. The minimum absolute atomic E-state index is 0.0191. The van der Waals surface area contributed by atoms with Crippen LogP contribution in [0, 0.1) is 5.41 Å². The van der Waals surface area contributed by atoms with Gasteiger partial charge in [-0.25, -0.2) is 13.1 Å². The number of thiocarbonyl (C=S) groups is 1. The molecule has 1 aromatic carbocycles. The Balaban J connectivity index is 2.92. The van der Waals surface area contributed by atoms with Crippen molar-refractivity contribution in [2.24, 2.45) is 5.41 Å². The van der Waals surface area contributed by atoms with Crippen molar-refractivity contribution in [2.45, 2.75) is 51.5 Å². The number of sulfonamides is 1. The number of hydroxylamine groups is 1. The minimum atomic E-state index is -3.78. The summed E-state index contributed by atoms with van der Waals surface area (Å²) in [5.74, 6) is 0.627. The van der Waals surface area contributed by atoms with Crippen molar-refractivity contribution in [1.29, 1.82) is 0 Å². The second-order valence-electron chi connectivity index (χ2n) is 6.57. The molecule has 0 fully saturated rings. The number of benzene rings is 1. The third-order valence-corrected chi connectivity index (χ3v) is 5.18. The van der Waals surface area contributed by atoms with Crippen LogP contribution in [0.3, 0.4) is 0 Å². The number of ether oxygens (including phenoxy) is 1. The maximum absolute atomic E-state index is 12.6. The van der Waals surface area contributed by atoms with Crippen LogP contribution in [0.5, 0.6) is 5.75 Å². The van der Waals surface area contributed by atoms with Gasteiger partial charge in [-0.3, -0.25) is 10.7 Å². The highest BCUT2D eigenvalue weighted by Crippen LogP contribution is 2.23. The molecule has 0 heterocycles. The molecule has 0 spiro atoms. The monoisotopic (exact) mass is 374 g/mol. The molecule has 0 aromatic heterocycles. The van der Waals surface area contributed by atoms with Crippen molar-refractivity contribution in [3.63, 3.8) is 0 Å².